The normalized spacial score (nSPS) is 10.4. The van der Waals surface area contributed by atoms with Gasteiger partial charge in [0.25, 0.3) is 0 Å². The van der Waals surface area contributed by atoms with Gasteiger partial charge < -0.3 is 5.73 Å². The van der Waals surface area contributed by atoms with Crippen molar-refractivity contribution < 1.29 is 4.39 Å². The van der Waals surface area contributed by atoms with E-state index in [2.05, 4.69) is 11.1 Å². The molecule has 2 rings (SSSR count). The number of rotatable bonds is 0. The summed E-state index contributed by atoms with van der Waals surface area (Å²) in [6, 6.07) is 7.52. The molecular weight excluding hydrogens is 155 g/mol. The summed E-state index contributed by atoms with van der Waals surface area (Å²) in [5.74, 6) is -0.142. The third-order valence-electron chi connectivity index (χ3n) is 1.69. The lowest BCUT2D eigenvalue weighted by molar-refractivity contribution is 0.640. The van der Waals surface area contributed by atoms with Gasteiger partial charge in [0, 0.05) is 12.3 Å². The van der Waals surface area contributed by atoms with E-state index in [1.165, 1.54) is 12.3 Å². The average Bonchev–Trinajstić information content (AvgIpc) is 2.04. The number of hydrogen-bond acceptors (Lipinski definition) is 2. The van der Waals surface area contributed by atoms with Gasteiger partial charge in [0.2, 0.25) is 0 Å². The van der Waals surface area contributed by atoms with Crippen LogP contribution in [0.2, 0.25) is 0 Å². The molecule has 0 saturated carbocycles. The maximum Gasteiger partial charge on any atom is 0.134 e. The van der Waals surface area contributed by atoms with Crippen molar-refractivity contribution in [2.24, 2.45) is 0 Å². The van der Waals surface area contributed by atoms with Crippen LogP contribution in [0.4, 0.5) is 10.2 Å². The highest BCUT2D eigenvalue weighted by molar-refractivity contribution is 5.90. The first-order chi connectivity index (χ1) is 5.79. The minimum Gasteiger partial charge on any atom is -0.383 e. The number of pyridine rings is 1. The molecule has 0 fully saturated rings. The van der Waals surface area contributed by atoms with E-state index in [1.54, 1.807) is 12.1 Å². The second-order valence-electron chi connectivity index (χ2n) is 2.45. The van der Waals surface area contributed by atoms with Crippen molar-refractivity contribution in [3.05, 3.63) is 36.3 Å². The summed E-state index contributed by atoms with van der Waals surface area (Å²) in [6.07, 6.45) is 1.44. The summed E-state index contributed by atoms with van der Waals surface area (Å²) in [5, 5.41) is 1.00. The molecule has 0 aliphatic rings. The first-order valence-corrected chi connectivity index (χ1v) is 3.49. The van der Waals surface area contributed by atoms with E-state index in [0.717, 1.165) is 0 Å². The van der Waals surface area contributed by atoms with Crippen LogP contribution in [0.5, 0.6) is 0 Å². The zero-order chi connectivity index (χ0) is 8.55. The predicted octanol–water partition coefficient (Wildman–Crippen LogP) is 1.76. The summed E-state index contributed by atoms with van der Waals surface area (Å²) in [6.45, 7) is 0. The number of nitrogen functional groups attached to an aromatic ring is 1. The molecule has 0 unspecified atom stereocenters. The molecular formula is C9H6FN2. The number of halogens is 1. The van der Waals surface area contributed by atoms with E-state index in [9.17, 15) is 4.39 Å². The molecule has 0 aliphatic heterocycles. The number of fused-ring (bicyclic) bond motifs is 1. The third-order valence-corrected chi connectivity index (χ3v) is 1.69. The van der Waals surface area contributed by atoms with E-state index >= 15 is 0 Å². The van der Waals surface area contributed by atoms with Crippen LogP contribution in [-0.4, -0.2) is 4.98 Å². The van der Waals surface area contributed by atoms with Crippen molar-refractivity contribution >= 4 is 16.6 Å². The van der Waals surface area contributed by atoms with Gasteiger partial charge >= 0.3 is 0 Å². The number of nitrogens with two attached hydrogens (primary N) is 1. The highest BCUT2D eigenvalue weighted by Gasteiger charge is 2.03. The molecule has 1 radical (unpaired) electrons. The lowest BCUT2D eigenvalue weighted by Crippen LogP contribution is -1.92. The molecule has 1 heterocycles. The molecule has 59 valence electrons. The monoisotopic (exact) mass is 161 g/mol. The molecule has 2 nitrogen and oxygen atoms in total. The Hall–Kier alpha value is -1.64. The molecule has 12 heavy (non-hydrogen) atoms. The van der Waals surface area contributed by atoms with E-state index < -0.39 is 0 Å². The lowest BCUT2D eigenvalue weighted by atomic mass is 10.1. The molecule has 2 N–H and O–H groups in total. The van der Waals surface area contributed by atoms with E-state index in [-0.39, 0.29) is 11.6 Å². The number of anilines is 1. The smallest absolute Gasteiger partial charge is 0.134 e. The third kappa shape index (κ3) is 0.906. The highest BCUT2D eigenvalue weighted by atomic mass is 19.1. The Balaban J connectivity index is 2.96. The van der Waals surface area contributed by atoms with Crippen LogP contribution in [0.15, 0.2) is 24.4 Å². The van der Waals surface area contributed by atoms with Gasteiger partial charge in [0.05, 0.1) is 5.39 Å². The van der Waals surface area contributed by atoms with Gasteiger partial charge in [-0.3, -0.25) is 0 Å². The minimum absolute atomic E-state index is 0.210. The van der Waals surface area contributed by atoms with Crippen LogP contribution in [0, 0.1) is 11.9 Å². The molecule has 1 aromatic carbocycles. The molecule has 0 amide bonds. The largest absolute Gasteiger partial charge is 0.383 e. The second kappa shape index (κ2) is 2.44. The lowest BCUT2D eigenvalue weighted by Gasteiger charge is -1.99. The molecule has 0 saturated heterocycles. The zero-order valence-corrected chi connectivity index (χ0v) is 6.21. The molecule has 0 aliphatic carbocycles. The Bertz CT molecular complexity index is 389. The maximum atomic E-state index is 13.1. The first-order valence-electron chi connectivity index (χ1n) is 3.49. The summed E-state index contributed by atoms with van der Waals surface area (Å²) in [5.41, 5.74) is 5.49. The second-order valence-corrected chi connectivity index (χ2v) is 2.45. The summed E-state index contributed by atoms with van der Waals surface area (Å²) in [7, 11) is 0. The van der Waals surface area contributed by atoms with Gasteiger partial charge in [0.1, 0.15) is 11.6 Å². The van der Waals surface area contributed by atoms with E-state index in [0.29, 0.717) is 10.8 Å². The van der Waals surface area contributed by atoms with Crippen LogP contribution in [0.3, 0.4) is 0 Å². The van der Waals surface area contributed by atoms with Crippen LogP contribution < -0.4 is 5.73 Å². The minimum atomic E-state index is -0.352. The first kappa shape index (κ1) is 7.03. The fourth-order valence-corrected chi connectivity index (χ4v) is 1.14. The fraction of sp³-hybridized carbons (Fsp3) is 0. The predicted molar refractivity (Wildman–Crippen MR) is 44.9 cm³/mol. The van der Waals surface area contributed by atoms with Crippen molar-refractivity contribution in [3.8, 4) is 0 Å². The number of nitrogens with zero attached hydrogens (tertiary/aromatic N) is 1. The van der Waals surface area contributed by atoms with Crippen LogP contribution in [-0.2, 0) is 0 Å². The molecule has 0 spiro atoms. The maximum absolute atomic E-state index is 13.1. The van der Waals surface area contributed by atoms with Gasteiger partial charge in [-0.15, -0.1) is 0 Å². The van der Waals surface area contributed by atoms with Crippen molar-refractivity contribution in [1.82, 2.24) is 4.98 Å². The molecule has 1 aromatic heterocycles. The van der Waals surface area contributed by atoms with Gasteiger partial charge in [-0.05, 0) is 11.5 Å². The van der Waals surface area contributed by atoms with Crippen molar-refractivity contribution in [2.75, 3.05) is 5.73 Å². The van der Waals surface area contributed by atoms with E-state index in [1.807, 2.05) is 0 Å². The quantitative estimate of drug-likeness (QED) is 0.639. The van der Waals surface area contributed by atoms with E-state index in [4.69, 9.17) is 5.73 Å². The number of benzene rings is 1. The van der Waals surface area contributed by atoms with Gasteiger partial charge in [-0.2, -0.15) is 0 Å². The SMILES string of the molecule is Nc1nc[c]c2cccc(F)c12. The van der Waals surface area contributed by atoms with Gasteiger partial charge in [0.15, 0.2) is 0 Å². The Morgan fingerprint density at radius 2 is 2.25 bits per heavy atom. The average molecular weight is 161 g/mol. The summed E-state index contributed by atoms with van der Waals surface area (Å²) in [4.78, 5) is 3.75. The van der Waals surface area contributed by atoms with Crippen LogP contribution in [0.1, 0.15) is 0 Å². The van der Waals surface area contributed by atoms with Crippen LogP contribution >= 0.6 is 0 Å². The Kier molecular flexibility index (Phi) is 1.43. The molecule has 3 heteroatoms. The van der Waals surface area contributed by atoms with Crippen molar-refractivity contribution in [3.63, 3.8) is 0 Å². The molecule has 2 aromatic rings. The van der Waals surface area contributed by atoms with Crippen LogP contribution in [0.25, 0.3) is 10.8 Å². The van der Waals surface area contributed by atoms with Gasteiger partial charge in [-0.25, -0.2) is 9.37 Å². The number of aromatic nitrogens is 1. The number of hydrogen-bond donors (Lipinski definition) is 1. The zero-order valence-electron chi connectivity index (χ0n) is 6.21. The Morgan fingerprint density at radius 1 is 1.42 bits per heavy atom. The summed E-state index contributed by atoms with van der Waals surface area (Å²) < 4.78 is 13.1. The summed E-state index contributed by atoms with van der Waals surface area (Å²) >= 11 is 0. The molecule has 0 bridgehead atoms. The highest BCUT2D eigenvalue weighted by Crippen LogP contribution is 2.20. The Labute approximate surface area is 68.8 Å². The van der Waals surface area contributed by atoms with Crippen molar-refractivity contribution in [1.29, 1.82) is 0 Å². The Morgan fingerprint density at radius 3 is 3.00 bits per heavy atom. The van der Waals surface area contributed by atoms with Gasteiger partial charge in [-0.1, -0.05) is 12.1 Å². The topological polar surface area (TPSA) is 38.9 Å². The standard InChI is InChI=1S/C9H6FN2/c10-7-3-1-2-6-4-5-12-9(11)8(6)7/h1-3,5H,(H2,11,12). The fourth-order valence-electron chi connectivity index (χ4n) is 1.14. The molecule has 0 atom stereocenters. The van der Waals surface area contributed by atoms with Crippen molar-refractivity contribution in [2.45, 2.75) is 0 Å².